The lowest BCUT2D eigenvalue weighted by Gasteiger charge is -2.26. The zero-order valence-corrected chi connectivity index (χ0v) is 23.5. The third-order valence-corrected chi connectivity index (χ3v) is 7.49. The molecule has 1 fully saturated rings. The molecule has 5 aromatic rings. The molecular weight excluding hydrogens is 546 g/mol. The number of halogens is 1. The van der Waals surface area contributed by atoms with Crippen LogP contribution in [0, 0.1) is 0 Å². The Morgan fingerprint density at radius 1 is 0.738 bits per heavy atom. The molecule has 6 rings (SSSR count). The Hall–Kier alpha value is -5.20. The maximum atomic E-state index is 13.8. The number of aromatic nitrogens is 1. The van der Waals surface area contributed by atoms with Crippen molar-refractivity contribution in [2.24, 2.45) is 0 Å². The fourth-order valence-corrected chi connectivity index (χ4v) is 5.27. The Balaban J connectivity index is 1.57. The molecule has 206 valence electrons. The molecule has 4 aromatic carbocycles. The number of barbiturate groups is 1. The van der Waals surface area contributed by atoms with E-state index >= 15 is 0 Å². The molecule has 1 aliphatic rings. The van der Waals surface area contributed by atoms with Gasteiger partial charge in [-0.15, -0.1) is 0 Å². The summed E-state index contributed by atoms with van der Waals surface area (Å²) in [6, 6.07) is 35.5. The molecule has 0 atom stereocenters. The van der Waals surface area contributed by atoms with Crippen LogP contribution in [0.2, 0.25) is 5.02 Å². The highest BCUT2D eigenvalue weighted by molar-refractivity contribution is 6.39. The number of benzene rings is 4. The second-order valence-electron chi connectivity index (χ2n) is 9.86. The first-order chi connectivity index (χ1) is 20.4. The third kappa shape index (κ3) is 5.04. The van der Waals surface area contributed by atoms with Crippen molar-refractivity contribution in [2.45, 2.75) is 13.3 Å². The minimum absolute atomic E-state index is 0.140. The van der Waals surface area contributed by atoms with E-state index in [9.17, 15) is 14.4 Å². The average Bonchev–Trinajstić information content (AvgIpc) is 3.40. The van der Waals surface area contributed by atoms with Gasteiger partial charge in [-0.3, -0.25) is 14.9 Å². The largest absolute Gasteiger partial charge is 0.335 e. The molecule has 0 bridgehead atoms. The molecule has 4 amide bonds. The van der Waals surface area contributed by atoms with E-state index in [0.717, 1.165) is 45.1 Å². The van der Waals surface area contributed by atoms with Gasteiger partial charge in [0.25, 0.3) is 11.8 Å². The number of carbonyl (C=O) groups excluding carboxylic acids is 3. The fraction of sp³-hybridized carbons (Fsp3) is 0.0571. The Labute approximate surface area is 248 Å². The van der Waals surface area contributed by atoms with E-state index in [-0.39, 0.29) is 5.57 Å². The SMILES string of the molecule is CCc1ccc(N2C(=O)NC(=O)/C(=C\c3cc(-c4ccccc4)n(-c4ccc(Cl)cc4)c3-c3ccccc3)C2=O)cc1. The molecule has 1 saturated heterocycles. The van der Waals surface area contributed by atoms with E-state index in [1.165, 1.54) is 0 Å². The lowest BCUT2D eigenvalue weighted by atomic mass is 10.0. The number of amides is 4. The summed E-state index contributed by atoms with van der Waals surface area (Å²) < 4.78 is 2.09. The first-order valence-electron chi connectivity index (χ1n) is 13.6. The van der Waals surface area contributed by atoms with Gasteiger partial charge in [-0.1, -0.05) is 91.3 Å². The second kappa shape index (κ2) is 11.4. The zero-order chi connectivity index (χ0) is 29.2. The summed E-state index contributed by atoms with van der Waals surface area (Å²) in [7, 11) is 0. The predicted octanol–water partition coefficient (Wildman–Crippen LogP) is 7.69. The quantitative estimate of drug-likeness (QED) is 0.168. The highest BCUT2D eigenvalue weighted by atomic mass is 35.5. The van der Waals surface area contributed by atoms with E-state index in [1.807, 2.05) is 110 Å². The molecule has 0 aliphatic carbocycles. The van der Waals surface area contributed by atoms with Crippen LogP contribution >= 0.6 is 11.6 Å². The number of aryl methyl sites for hydroxylation is 1. The number of carbonyl (C=O) groups is 3. The maximum Gasteiger partial charge on any atom is 0.335 e. The standard InChI is InChI=1S/C35H26ClN3O3/c1-2-23-13-17-29(18-14-23)39-34(41)30(33(40)37-35(39)42)21-26-22-31(24-9-5-3-6-10-24)38(28-19-15-27(36)16-20-28)32(26)25-11-7-4-8-12-25/h3-22H,2H2,1H3,(H,37,40,42)/b30-21+. The topological polar surface area (TPSA) is 71.4 Å². The van der Waals surface area contributed by atoms with Crippen LogP contribution in [0.15, 0.2) is 121 Å². The number of rotatable bonds is 6. The summed E-state index contributed by atoms with van der Waals surface area (Å²) in [4.78, 5) is 40.8. The van der Waals surface area contributed by atoms with Gasteiger partial charge in [-0.25, -0.2) is 9.69 Å². The van der Waals surface area contributed by atoms with Gasteiger partial charge in [0.15, 0.2) is 0 Å². The number of nitrogens with one attached hydrogen (secondary N) is 1. The molecule has 6 nitrogen and oxygen atoms in total. The van der Waals surface area contributed by atoms with Crippen LogP contribution in [0.4, 0.5) is 10.5 Å². The molecule has 7 heteroatoms. The summed E-state index contributed by atoms with van der Waals surface area (Å²) in [5.41, 5.74) is 6.28. The smallest absolute Gasteiger partial charge is 0.309 e. The zero-order valence-electron chi connectivity index (χ0n) is 22.8. The van der Waals surface area contributed by atoms with Crippen molar-refractivity contribution >= 4 is 41.2 Å². The van der Waals surface area contributed by atoms with Crippen molar-refractivity contribution in [1.82, 2.24) is 9.88 Å². The van der Waals surface area contributed by atoms with E-state index < -0.39 is 17.8 Å². The van der Waals surface area contributed by atoms with E-state index in [4.69, 9.17) is 11.6 Å². The van der Waals surface area contributed by atoms with Gasteiger partial charge >= 0.3 is 6.03 Å². The second-order valence-corrected chi connectivity index (χ2v) is 10.3. The molecule has 0 spiro atoms. The van der Waals surface area contributed by atoms with Crippen LogP contribution < -0.4 is 10.2 Å². The van der Waals surface area contributed by atoms with Gasteiger partial charge in [-0.05, 0) is 71.7 Å². The Morgan fingerprint density at radius 2 is 1.33 bits per heavy atom. The molecule has 0 radical (unpaired) electrons. The summed E-state index contributed by atoms with van der Waals surface area (Å²) in [6.45, 7) is 2.03. The van der Waals surface area contributed by atoms with Crippen LogP contribution in [0.1, 0.15) is 18.1 Å². The van der Waals surface area contributed by atoms with Crippen molar-refractivity contribution in [3.05, 3.63) is 137 Å². The molecule has 2 heterocycles. The fourth-order valence-electron chi connectivity index (χ4n) is 5.14. The van der Waals surface area contributed by atoms with Crippen LogP contribution in [-0.2, 0) is 16.0 Å². The summed E-state index contributed by atoms with van der Waals surface area (Å²) in [6.07, 6.45) is 2.39. The van der Waals surface area contributed by atoms with E-state index in [1.54, 1.807) is 18.2 Å². The van der Waals surface area contributed by atoms with Crippen molar-refractivity contribution in [2.75, 3.05) is 4.90 Å². The lowest BCUT2D eigenvalue weighted by Crippen LogP contribution is -2.54. The number of urea groups is 1. The Morgan fingerprint density at radius 3 is 1.95 bits per heavy atom. The first-order valence-corrected chi connectivity index (χ1v) is 14.0. The van der Waals surface area contributed by atoms with E-state index in [2.05, 4.69) is 9.88 Å². The van der Waals surface area contributed by atoms with Crippen LogP contribution in [0.3, 0.4) is 0 Å². The number of imide groups is 2. The Kier molecular flexibility index (Phi) is 7.30. The number of nitrogens with zero attached hydrogens (tertiary/aromatic N) is 2. The molecule has 42 heavy (non-hydrogen) atoms. The number of hydrogen-bond acceptors (Lipinski definition) is 3. The van der Waals surface area contributed by atoms with Crippen LogP contribution in [0.5, 0.6) is 0 Å². The van der Waals surface area contributed by atoms with Crippen LogP contribution in [-0.4, -0.2) is 22.4 Å². The summed E-state index contributed by atoms with van der Waals surface area (Å²) in [5.74, 6) is -1.43. The third-order valence-electron chi connectivity index (χ3n) is 7.24. The van der Waals surface area contributed by atoms with Crippen molar-refractivity contribution < 1.29 is 14.4 Å². The average molecular weight is 572 g/mol. The summed E-state index contributed by atoms with van der Waals surface area (Å²) in [5, 5.41) is 2.95. The minimum Gasteiger partial charge on any atom is -0.309 e. The van der Waals surface area contributed by atoms with Gasteiger partial charge in [0.1, 0.15) is 5.57 Å². The molecule has 0 unspecified atom stereocenters. The van der Waals surface area contributed by atoms with Gasteiger partial charge in [0.05, 0.1) is 17.1 Å². The highest BCUT2D eigenvalue weighted by Crippen LogP contribution is 2.38. The molecule has 1 aliphatic heterocycles. The van der Waals surface area contributed by atoms with Gasteiger partial charge in [0.2, 0.25) is 0 Å². The van der Waals surface area contributed by atoms with Crippen molar-refractivity contribution in [3.63, 3.8) is 0 Å². The minimum atomic E-state index is -0.779. The van der Waals surface area contributed by atoms with E-state index in [0.29, 0.717) is 16.3 Å². The number of anilines is 1. The van der Waals surface area contributed by atoms with Gasteiger partial charge in [-0.2, -0.15) is 0 Å². The predicted molar refractivity (Wildman–Crippen MR) is 166 cm³/mol. The highest BCUT2D eigenvalue weighted by Gasteiger charge is 2.37. The number of hydrogen-bond donors (Lipinski definition) is 1. The van der Waals surface area contributed by atoms with Crippen LogP contribution in [0.25, 0.3) is 34.3 Å². The molecular formula is C35H26ClN3O3. The summed E-state index contributed by atoms with van der Waals surface area (Å²) >= 11 is 6.24. The van der Waals surface area contributed by atoms with Gasteiger partial charge in [0, 0.05) is 16.3 Å². The Bertz CT molecular complexity index is 1820. The first kappa shape index (κ1) is 27.0. The monoisotopic (exact) mass is 571 g/mol. The normalized spacial score (nSPS) is 14.4. The molecule has 0 saturated carbocycles. The van der Waals surface area contributed by atoms with Gasteiger partial charge < -0.3 is 4.57 Å². The van der Waals surface area contributed by atoms with Crippen molar-refractivity contribution in [3.8, 4) is 28.2 Å². The molecule has 1 aromatic heterocycles. The maximum absolute atomic E-state index is 13.8. The lowest BCUT2D eigenvalue weighted by molar-refractivity contribution is -0.122. The molecule has 1 N–H and O–H groups in total. The van der Waals surface area contributed by atoms with Crippen molar-refractivity contribution in [1.29, 1.82) is 0 Å².